The fourth-order valence-electron chi connectivity index (χ4n) is 3.47. The number of carboxylic acids is 2. The maximum absolute atomic E-state index is 13.3. The molecule has 29 heavy (non-hydrogen) atoms. The van der Waals surface area contributed by atoms with E-state index in [9.17, 15) is 36.7 Å². The van der Waals surface area contributed by atoms with Crippen LogP contribution in [0.25, 0.3) is 0 Å². The zero-order chi connectivity index (χ0) is 23.1. The summed E-state index contributed by atoms with van der Waals surface area (Å²) in [7, 11) is -1.07. The van der Waals surface area contributed by atoms with E-state index in [1.165, 1.54) is 6.82 Å². The highest BCUT2D eigenvalue weighted by molar-refractivity contribution is 6.46. The normalized spacial score (nSPS) is 30.1. The maximum atomic E-state index is 13.3. The second-order valence-electron chi connectivity index (χ2n) is 7.36. The average molecular weight is 427 g/mol. The third kappa shape index (κ3) is 5.13. The Bertz CT molecular complexity index is 703. The highest BCUT2D eigenvalue weighted by Gasteiger charge is 2.75. The Morgan fingerprint density at radius 2 is 1.41 bits per heavy atom. The summed E-state index contributed by atoms with van der Waals surface area (Å²) < 4.78 is 51.9. The molecule has 164 valence electrons. The van der Waals surface area contributed by atoms with E-state index in [1.54, 1.807) is 0 Å². The molecule has 0 bridgehead atoms. The number of nitrogens with one attached hydrogen (secondary N) is 1. The number of Topliss-reactive ketones (excluding diaryl/α,β-unsaturated/α-hetero) is 2. The Morgan fingerprint density at radius 1 is 0.966 bits per heavy atom. The molecule has 0 heterocycles. The molecule has 4 N–H and O–H groups in total. The Labute approximate surface area is 163 Å². The first-order valence-electron chi connectivity index (χ1n) is 8.65. The first-order valence-corrected chi connectivity index (χ1v) is 8.65. The minimum absolute atomic E-state index is 0.505. The van der Waals surface area contributed by atoms with Gasteiger partial charge in [0.1, 0.15) is 17.5 Å². The SMILES string of the molecule is CB(O)NC(C(C)=O)C1C(C(C)=O)C1(F)F.C[C@@H](C(=O)O)[C@@H]1[C@@H](C(=O)O)C1(F)F. The van der Waals surface area contributed by atoms with Gasteiger partial charge in [-0.2, -0.15) is 0 Å². The minimum atomic E-state index is -3.37. The van der Waals surface area contributed by atoms with E-state index in [4.69, 9.17) is 15.2 Å². The Kier molecular flexibility index (Phi) is 7.23. The van der Waals surface area contributed by atoms with Crippen molar-refractivity contribution in [2.45, 2.75) is 45.5 Å². The van der Waals surface area contributed by atoms with Crippen LogP contribution in [-0.2, 0) is 19.2 Å². The summed E-state index contributed by atoms with van der Waals surface area (Å²) in [4.78, 5) is 42.7. The van der Waals surface area contributed by atoms with Gasteiger partial charge in [0, 0.05) is 0 Å². The number of carbonyl (C=O) groups is 4. The van der Waals surface area contributed by atoms with Crippen LogP contribution in [0.15, 0.2) is 0 Å². The van der Waals surface area contributed by atoms with Crippen LogP contribution in [-0.4, -0.2) is 63.7 Å². The number of carbonyl (C=O) groups excluding carboxylic acids is 2. The number of halogens is 4. The molecule has 0 aromatic heterocycles. The zero-order valence-electron chi connectivity index (χ0n) is 16.0. The van der Waals surface area contributed by atoms with Crippen LogP contribution in [0.1, 0.15) is 20.8 Å². The molecule has 0 saturated heterocycles. The predicted octanol–water partition coefficient (Wildman–Crippen LogP) is 0.787. The number of carboxylic acid groups (broad SMARTS) is 2. The van der Waals surface area contributed by atoms with E-state index in [2.05, 4.69) is 5.23 Å². The summed E-state index contributed by atoms with van der Waals surface area (Å²) in [5.74, 6) is -18.2. The second-order valence-corrected chi connectivity index (χ2v) is 7.36. The number of rotatable bonds is 8. The van der Waals surface area contributed by atoms with Gasteiger partial charge in [0.05, 0.1) is 29.7 Å². The van der Waals surface area contributed by atoms with E-state index in [-0.39, 0.29) is 0 Å². The van der Waals surface area contributed by atoms with Crippen molar-refractivity contribution >= 4 is 30.6 Å². The number of aliphatic carboxylic acids is 2. The summed E-state index contributed by atoms with van der Waals surface area (Å²) >= 11 is 0. The number of hydrogen-bond acceptors (Lipinski definition) is 6. The molecule has 0 spiro atoms. The average Bonchev–Trinajstić information content (AvgIpc) is 3.32. The molecule has 13 heteroatoms. The van der Waals surface area contributed by atoms with Crippen molar-refractivity contribution in [1.29, 1.82) is 0 Å². The minimum Gasteiger partial charge on any atom is -0.481 e. The van der Waals surface area contributed by atoms with Gasteiger partial charge >= 0.3 is 19.0 Å². The Morgan fingerprint density at radius 3 is 1.66 bits per heavy atom. The van der Waals surface area contributed by atoms with E-state index < -0.39 is 78.0 Å². The molecule has 3 unspecified atom stereocenters. The van der Waals surface area contributed by atoms with Gasteiger partial charge in [0.25, 0.3) is 11.8 Å². The maximum Gasteiger partial charge on any atom is 0.374 e. The van der Waals surface area contributed by atoms with Crippen molar-refractivity contribution in [2.24, 2.45) is 29.6 Å². The van der Waals surface area contributed by atoms with Crippen LogP contribution in [0.4, 0.5) is 17.6 Å². The molecule has 0 amide bonds. The molecule has 0 aromatic rings. The van der Waals surface area contributed by atoms with Crippen LogP contribution >= 0.6 is 0 Å². The highest BCUT2D eigenvalue weighted by Crippen LogP contribution is 2.59. The molecule has 0 radical (unpaired) electrons. The highest BCUT2D eigenvalue weighted by atomic mass is 19.3. The molecule has 8 nitrogen and oxygen atoms in total. The smallest absolute Gasteiger partial charge is 0.374 e. The first-order chi connectivity index (χ1) is 13.0. The Balaban J connectivity index is 0.000000296. The molecular weight excluding hydrogens is 405 g/mol. The lowest BCUT2D eigenvalue weighted by molar-refractivity contribution is -0.143. The largest absolute Gasteiger partial charge is 0.481 e. The van der Waals surface area contributed by atoms with Crippen molar-refractivity contribution in [3.8, 4) is 0 Å². The summed E-state index contributed by atoms with van der Waals surface area (Å²) in [5.41, 5.74) is 0. The number of alkyl halides is 4. The molecule has 2 aliphatic carbocycles. The molecule has 2 fully saturated rings. The summed E-state index contributed by atoms with van der Waals surface area (Å²) in [6.45, 7) is 4.66. The van der Waals surface area contributed by atoms with Gasteiger partial charge in [-0.15, -0.1) is 0 Å². The molecule has 0 aliphatic heterocycles. The van der Waals surface area contributed by atoms with Gasteiger partial charge in [-0.1, -0.05) is 6.92 Å². The second kappa shape index (κ2) is 8.38. The van der Waals surface area contributed by atoms with E-state index in [0.717, 1.165) is 20.8 Å². The lowest BCUT2D eigenvalue weighted by Gasteiger charge is -2.15. The zero-order valence-corrected chi connectivity index (χ0v) is 16.0. The van der Waals surface area contributed by atoms with Crippen LogP contribution in [0.2, 0.25) is 6.82 Å². The van der Waals surface area contributed by atoms with Crippen LogP contribution < -0.4 is 5.23 Å². The van der Waals surface area contributed by atoms with E-state index >= 15 is 0 Å². The first kappa shape index (κ1) is 25.0. The molecule has 6 atom stereocenters. The van der Waals surface area contributed by atoms with Gasteiger partial charge in [0.15, 0.2) is 0 Å². The topological polar surface area (TPSA) is 141 Å². The molecule has 0 aromatic carbocycles. The number of ketones is 2. The molecule has 2 rings (SSSR count). The van der Waals surface area contributed by atoms with Crippen LogP contribution in [0.5, 0.6) is 0 Å². The van der Waals surface area contributed by atoms with Crippen molar-refractivity contribution in [2.75, 3.05) is 0 Å². The lowest BCUT2D eigenvalue weighted by Crippen LogP contribution is -2.46. The summed E-state index contributed by atoms with van der Waals surface area (Å²) in [6.07, 6.45) is 0. The monoisotopic (exact) mass is 427 g/mol. The van der Waals surface area contributed by atoms with Crippen LogP contribution in [0.3, 0.4) is 0 Å². The number of hydrogen-bond donors (Lipinski definition) is 4. The fraction of sp³-hybridized carbons (Fsp3) is 0.750. The molecule has 2 saturated carbocycles. The third-order valence-electron chi connectivity index (χ3n) is 5.07. The van der Waals surface area contributed by atoms with E-state index in [0.29, 0.717) is 0 Å². The van der Waals surface area contributed by atoms with Crippen molar-refractivity contribution in [3.63, 3.8) is 0 Å². The van der Waals surface area contributed by atoms with Gasteiger partial charge in [0.2, 0.25) is 0 Å². The van der Waals surface area contributed by atoms with Gasteiger partial charge in [-0.25, -0.2) is 17.6 Å². The standard InChI is InChI=1S/C9H14BF2NO3.C7H8F2O4/c1-4(14)6-7(9(6,11)12)8(5(2)15)13-10(3)16;1-2(5(10)11)3-4(6(12)13)7(3,8)9/h6-8,13,16H,1-3H3;2-4H,1H3,(H,10,11)(H,12,13)/t;2-,3-,4+/m.1/s1. The predicted molar refractivity (Wildman–Crippen MR) is 90.4 cm³/mol. The lowest BCUT2D eigenvalue weighted by atomic mass is 9.85. The van der Waals surface area contributed by atoms with Crippen molar-refractivity contribution in [1.82, 2.24) is 5.23 Å². The van der Waals surface area contributed by atoms with Gasteiger partial charge < -0.3 is 20.5 Å². The fourth-order valence-corrected chi connectivity index (χ4v) is 3.47. The molecule has 2 aliphatic rings. The van der Waals surface area contributed by atoms with Gasteiger partial charge in [-0.3, -0.25) is 19.2 Å². The Hall–Kier alpha value is -2.02. The summed E-state index contributed by atoms with van der Waals surface area (Å²) in [6, 6.07) is -1.18. The molecular formula is C16H22BF4NO7. The third-order valence-corrected chi connectivity index (χ3v) is 5.07. The van der Waals surface area contributed by atoms with Crippen molar-refractivity contribution in [3.05, 3.63) is 0 Å². The summed E-state index contributed by atoms with van der Waals surface area (Å²) in [5, 5.41) is 28.1. The van der Waals surface area contributed by atoms with E-state index in [1.807, 2.05) is 0 Å². The van der Waals surface area contributed by atoms with Crippen LogP contribution in [0, 0.1) is 29.6 Å². The van der Waals surface area contributed by atoms with Gasteiger partial charge in [-0.05, 0) is 20.7 Å². The quantitative estimate of drug-likeness (QED) is 0.329. The van der Waals surface area contributed by atoms with Crippen molar-refractivity contribution < 1.29 is 52.0 Å².